The van der Waals surface area contributed by atoms with Crippen LogP contribution in [-0.4, -0.2) is 31.3 Å². The number of ether oxygens (including phenoxy) is 2. The summed E-state index contributed by atoms with van der Waals surface area (Å²) in [5.74, 6) is -0.0557. The molecule has 3 unspecified atom stereocenters. The molecule has 2 fully saturated rings. The van der Waals surface area contributed by atoms with E-state index < -0.39 is 0 Å². The Labute approximate surface area is 90.1 Å². The van der Waals surface area contributed by atoms with Crippen LogP contribution in [0.4, 0.5) is 0 Å². The zero-order chi connectivity index (χ0) is 10.7. The molecule has 0 aromatic heterocycles. The van der Waals surface area contributed by atoms with Gasteiger partial charge in [0, 0.05) is 12.6 Å². The fourth-order valence-electron chi connectivity index (χ4n) is 2.30. The van der Waals surface area contributed by atoms with Gasteiger partial charge in [0.15, 0.2) is 0 Å². The van der Waals surface area contributed by atoms with Crippen LogP contribution < -0.4 is 5.73 Å². The maximum absolute atomic E-state index is 11.6. The molecule has 4 heteroatoms. The summed E-state index contributed by atoms with van der Waals surface area (Å²) in [7, 11) is 0. The quantitative estimate of drug-likeness (QED) is 0.705. The van der Waals surface area contributed by atoms with Crippen LogP contribution in [0.1, 0.15) is 32.1 Å². The third-order valence-corrected chi connectivity index (χ3v) is 3.24. The molecule has 4 nitrogen and oxygen atoms in total. The summed E-state index contributed by atoms with van der Waals surface area (Å²) in [6.45, 7) is 1.22. The third kappa shape index (κ3) is 2.92. The number of rotatable bonds is 3. The van der Waals surface area contributed by atoms with Gasteiger partial charge in [-0.2, -0.15) is 0 Å². The standard InChI is InChI=1S/C11H19NO3/c12-9-4-3-8(6-9)11(13)15-7-10-2-1-5-14-10/h8-10H,1-7,12H2. The second-order valence-corrected chi connectivity index (χ2v) is 4.54. The van der Waals surface area contributed by atoms with Gasteiger partial charge in [-0.25, -0.2) is 0 Å². The normalized spacial score (nSPS) is 35.7. The Hall–Kier alpha value is -0.610. The van der Waals surface area contributed by atoms with Crippen LogP contribution >= 0.6 is 0 Å². The third-order valence-electron chi connectivity index (χ3n) is 3.24. The zero-order valence-corrected chi connectivity index (χ0v) is 8.98. The van der Waals surface area contributed by atoms with Gasteiger partial charge < -0.3 is 15.2 Å². The van der Waals surface area contributed by atoms with E-state index in [0.717, 1.165) is 38.7 Å². The van der Waals surface area contributed by atoms with E-state index in [4.69, 9.17) is 15.2 Å². The molecule has 2 aliphatic rings. The van der Waals surface area contributed by atoms with Crippen molar-refractivity contribution in [2.24, 2.45) is 11.7 Å². The first-order valence-electron chi connectivity index (χ1n) is 5.79. The number of hydrogen-bond donors (Lipinski definition) is 1. The Kier molecular flexibility index (Phi) is 3.59. The van der Waals surface area contributed by atoms with Gasteiger partial charge >= 0.3 is 5.97 Å². The molecule has 15 heavy (non-hydrogen) atoms. The maximum Gasteiger partial charge on any atom is 0.309 e. The summed E-state index contributed by atoms with van der Waals surface area (Å²) in [6.07, 6.45) is 4.83. The van der Waals surface area contributed by atoms with Crippen molar-refractivity contribution in [2.45, 2.75) is 44.2 Å². The summed E-state index contributed by atoms with van der Waals surface area (Å²) in [5.41, 5.74) is 5.75. The number of esters is 1. The van der Waals surface area contributed by atoms with E-state index in [1.54, 1.807) is 0 Å². The molecule has 0 spiro atoms. The Morgan fingerprint density at radius 2 is 2.27 bits per heavy atom. The molecule has 1 saturated carbocycles. The lowest BCUT2D eigenvalue weighted by atomic mass is 10.1. The van der Waals surface area contributed by atoms with Crippen molar-refractivity contribution in [3.63, 3.8) is 0 Å². The predicted molar refractivity (Wildman–Crippen MR) is 55.2 cm³/mol. The Morgan fingerprint density at radius 3 is 2.87 bits per heavy atom. The molecule has 3 atom stereocenters. The molecule has 86 valence electrons. The topological polar surface area (TPSA) is 61.6 Å². The summed E-state index contributed by atoms with van der Waals surface area (Å²) >= 11 is 0. The summed E-state index contributed by atoms with van der Waals surface area (Å²) in [6, 6.07) is 0.185. The van der Waals surface area contributed by atoms with E-state index in [0.29, 0.717) is 6.61 Å². The Morgan fingerprint density at radius 1 is 1.40 bits per heavy atom. The van der Waals surface area contributed by atoms with Gasteiger partial charge in [0.05, 0.1) is 12.0 Å². The number of nitrogens with two attached hydrogens (primary N) is 1. The minimum atomic E-state index is -0.0848. The number of carbonyl (C=O) groups excluding carboxylic acids is 1. The van der Waals surface area contributed by atoms with Crippen molar-refractivity contribution in [1.82, 2.24) is 0 Å². The highest BCUT2D eigenvalue weighted by molar-refractivity contribution is 5.72. The van der Waals surface area contributed by atoms with Crippen molar-refractivity contribution in [2.75, 3.05) is 13.2 Å². The van der Waals surface area contributed by atoms with E-state index in [2.05, 4.69) is 0 Å². The molecule has 1 saturated heterocycles. The summed E-state index contributed by atoms with van der Waals surface area (Å²) < 4.78 is 10.6. The largest absolute Gasteiger partial charge is 0.463 e. The fraction of sp³-hybridized carbons (Fsp3) is 0.909. The zero-order valence-electron chi connectivity index (χ0n) is 8.98. The highest BCUT2D eigenvalue weighted by atomic mass is 16.6. The highest BCUT2D eigenvalue weighted by Crippen LogP contribution is 2.25. The van der Waals surface area contributed by atoms with Crippen LogP contribution in [0.5, 0.6) is 0 Å². The molecule has 2 N–H and O–H groups in total. The first-order valence-corrected chi connectivity index (χ1v) is 5.79. The van der Waals surface area contributed by atoms with Crippen LogP contribution in [0.15, 0.2) is 0 Å². The first-order chi connectivity index (χ1) is 7.25. The molecule has 0 aromatic carbocycles. The van der Waals surface area contributed by atoms with Crippen LogP contribution in [0.25, 0.3) is 0 Å². The summed E-state index contributed by atoms with van der Waals surface area (Å²) in [5, 5.41) is 0. The molecule has 0 aromatic rings. The van der Waals surface area contributed by atoms with E-state index in [1.165, 1.54) is 0 Å². The average Bonchev–Trinajstić information content (AvgIpc) is 2.84. The minimum Gasteiger partial charge on any atom is -0.463 e. The van der Waals surface area contributed by atoms with Crippen molar-refractivity contribution >= 4 is 5.97 Å². The van der Waals surface area contributed by atoms with E-state index in [1.807, 2.05) is 0 Å². The number of hydrogen-bond acceptors (Lipinski definition) is 4. The van der Waals surface area contributed by atoms with Gasteiger partial charge in [-0.1, -0.05) is 0 Å². The molecule has 1 heterocycles. The SMILES string of the molecule is NC1CCC(C(=O)OCC2CCCO2)C1. The smallest absolute Gasteiger partial charge is 0.309 e. The minimum absolute atomic E-state index is 0.0291. The van der Waals surface area contributed by atoms with E-state index in [-0.39, 0.29) is 24.0 Å². The van der Waals surface area contributed by atoms with Gasteiger partial charge in [-0.3, -0.25) is 4.79 Å². The maximum atomic E-state index is 11.6. The molecule has 0 radical (unpaired) electrons. The van der Waals surface area contributed by atoms with E-state index in [9.17, 15) is 4.79 Å². The van der Waals surface area contributed by atoms with Gasteiger partial charge in [0.25, 0.3) is 0 Å². The van der Waals surface area contributed by atoms with Gasteiger partial charge in [0.1, 0.15) is 6.61 Å². The summed E-state index contributed by atoms with van der Waals surface area (Å²) in [4.78, 5) is 11.6. The van der Waals surface area contributed by atoms with Crippen LogP contribution in [0.3, 0.4) is 0 Å². The van der Waals surface area contributed by atoms with Crippen molar-refractivity contribution < 1.29 is 14.3 Å². The van der Waals surface area contributed by atoms with E-state index >= 15 is 0 Å². The van der Waals surface area contributed by atoms with Crippen molar-refractivity contribution in [1.29, 1.82) is 0 Å². The monoisotopic (exact) mass is 213 g/mol. The fourth-order valence-corrected chi connectivity index (χ4v) is 2.30. The molecule has 1 aliphatic carbocycles. The molecule has 0 amide bonds. The first kappa shape index (κ1) is 10.9. The molecular formula is C11H19NO3. The van der Waals surface area contributed by atoms with Crippen LogP contribution in [-0.2, 0) is 14.3 Å². The second kappa shape index (κ2) is 4.94. The number of carbonyl (C=O) groups is 1. The lowest BCUT2D eigenvalue weighted by Gasteiger charge is -2.13. The predicted octanol–water partition coefficient (Wildman–Crippen LogP) is 0.836. The van der Waals surface area contributed by atoms with Gasteiger partial charge in [-0.05, 0) is 32.1 Å². The van der Waals surface area contributed by atoms with Crippen molar-refractivity contribution in [3.05, 3.63) is 0 Å². The van der Waals surface area contributed by atoms with Crippen LogP contribution in [0, 0.1) is 5.92 Å². The van der Waals surface area contributed by atoms with Gasteiger partial charge in [-0.15, -0.1) is 0 Å². The lowest BCUT2D eigenvalue weighted by Crippen LogP contribution is -2.23. The van der Waals surface area contributed by atoms with Crippen LogP contribution in [0.2, 0.25) is 0 Å². The Balaban J connectivity index is 1.67. The molecular weight excluding hydrogens is 194 g/mol. The van der Waals surface area contributed by atoms with Gasteiger partial charge in [0.2, 0.25) is 0 Å². The molecule has 0 bridgehead atoms. The molecule has 1 aliphatic heterocycles. The lowest BCUT2D eigenvalue weighted by molar-refractivity contribution is -0.151. The Bertz CT molecular complexity index is 226. The molecule has 2 rings (SSSR count). The second-order valence-electron chi connectivity index (χ2n) is 4.54. The average molecular weight is 213 g/mol. The van der Waals surface area contributed by atoms with Crippen molar-refractivity contribution in [3.8, 4) is 0 Å². The highest BCUT2D eigenvalue weighted by Gasteiger charge is 2.29.